The van der Waals surface area contributed by atoms with Gasteiger partial charge in [-0.25, -0.2) is 0 Å². The Morgan fingerprint density at radius 1 is 1.13 bits per heavy atom. The average molecular weight is 304 g/mol. The molecule has 0 saturated heterocycles. The summed E-state index contributed by atoms with van der Waals surface area (Å²) in [5, 5.41) is 9.47. The lowest BCUT2D eigenvalue weighted by molar-refractivity contribution is -0.132. The summed E-state index contributed by atoms with van der Waals surface area (Å²) in [5.41, 5.74) is 1.78. The van der Waals surface area contributed by atoms with Crippen LogP contribution in [0.15, 0.2) is 73.3 Å². The third-order valence-electron chi connectivity index (χ3n) is 3.64. The van der Waals surface area contributed by atoms with Crippen LogP contribution in [0.3, 0.4) is 0 Å². The summed E-state index contributed by atoms with van der Waals surface area (Å²) in [6, 6.07) is 21.2. The van der Waals surface area contributed by atoms with E-state index in [1.807, 2.05) is 60.7 Å². The highest BCUT2D eigenvalue weighted by Gasteiger charge is 2.25. The van der Waals surface area contributed by atoms with E-state index in [1.165, 1.54) is 0 Å². The maximum atomic E-state index is 12.9. The summed E-state index contributed by atoms with van der Waals surface area (Å²) < 4.78 is 0. The van der Waals surface area contributed by atoms with Gasteiger partial charge in [0, 0.05) is 13.1 Å². The first-order valence-corrected chi connectivity index (χ1v) is 7.64. The monoisotopic (exact) mass is 304 g/mol. The number of hydrogen-bond acceptors (Lipinski definition) is 2. The second-order valence-corrected chi connectivity index (χ2v) is 5.30. The molecule has 23 heavy (non-hydrogen) atoms. The van der Waals surface area contributed by atoms with Crippen LogP contribution in [-0.4, -0.2) is 17.4 Å². The van der Waals surface area contributed by atoms with Crippen molar-refractivity contribution in [1.29, 1.82) is 5.26 Å². The topological polar surface area (TPSA) is 44.1 Å². The van der Waals surface area contributed by atoms with Crippen LogP contribution in [0.2, 0.25) is 0 Å². The summed E-state index contributed by atoms with van der Waals surface area (Å²) >= 11 is 0. The standard InChI is InChI=1S/C20H20N2O/c1-2-3-14-22(16-17-10-6-4-7-11-17)20(23)19(15-21)18-12-8-5-9-13-18/h2,4-13,19H,1,3,14,16H2. The molecule has 0 aliphatic rings. The van der Waals surface area contributed by atoms with Crippen LogP contribution in [0.5, 0.6) is 0 Å². The van der Waals surface area contributed by atoms with Crippen molar-refractivity contribution >= 4 is 5.91 Å². The molecule has 2 aromatic carbocycles. The van der Waals surface area contributed by atoms with Crippen molar-refractivity contribution in [3.05, 3.63) is 84.4 Å². The number of hydrogen-bond donors (Lipinski definition) is 0. The molecule has 0 aromatic heterocycles. The summed E-state index contributed by atoms with van der Waals surface area (Å²) in [4.78, 5) is 14.6. The Morgan fingerprint density at radius 2 is 1.74 bits per heavy atom. The third-order valence-corrected chi connectivity index (χ3v) is 3.64. The van der Waals surface area contributed by atoms with Gasteiger partial charge in [-0.05, 0) is 17.5 Å². The molecule has 2 aromatic rings. The molecule has 0 aliphatic heterocycles. The van der Waals surface area contributed by atoms with E-state index in [2.05, 4.69) is 12.6 Å². The van der Waals surface area contributed by atoms with E-state index in [9.17, 15) is 10.1 Å². The zero-order chi connectivity index (χ0) is 16.5. The maximum Gasteiger partial charge on any atom is 0.244 e. The van der Waals surface area contributed by atoms with Crippen LogP contribution in [0.1, 0.15) is 23.5 Å². The van der Waals surface area contributed by atoms with Gasteiger partial charge in [0.25, 0.3) is 0 Å². The molecule has 2 rings (SSSR count). The molecule has 1 atom stereocenters. The molecule has 3 nitrogen and oxygen atoms in total. The predicted molar refractivity (Wildman–Crippen MR) is 91.5 cm³/mol. The summed E-state index contributed by atoms with van der Waals surface area (Å²) in [5.74, 6) is -0.936. The van der Waals surface area contributed by atoms with Gasteiger partial charge in [-0.1, -0.05) is 66.7 Å². The summed E-state index contributed by atoms with van der Waals surface area (Å²) in [7, 11) is 0. The van der Waals surface area contributed by atoms with Crippen molar-refractivity contribution in [3.63, 3.8) is 0 Å². The predicted octanol–water partition coefficient (Wildman–Crippen LogP) is 3.90. The van der Waals surface area contributed by atoms with Crippen molar-refractivity contribution < 1.29 is 4.79 Å². The number of carbonyl (C=O) groups excluding carboxylic acids is 1. The van der Waals surface area contributed by atoms with Gasteiger partial charge in [-0.15, -0.1) is 6.58 Å². The summed E-state index contributed by atoms with van der Waals surface area (Å²) in [6.07, 6.45) is 2.49. The number of carbonyl (C=O) groups is 1. The van der Waals surface area contributed by atoms with Crippen LogP contribution in [-0.2, 0) is 11.3 Å². The summed E-state index contributed by atoms with van der Waals surface area (Å²) in [6.45, 7) is 4.78. The van der Waals surface area contributed by atoms with E-state index < -0.39 is 5.92 Å². The fourth-order valence-corrected chi connectivity index (χ4v) is 2.42. The van der Waals surface area contributed by atoms with E-state index in [4.69, 9.17) is 0 Å². The second kappa shape index (κ2) is 8.55. The molecule has 0 heterocycles. The van der Waals surface area contributed by atoms with Gasteiger partial charge < -0.3 is 4.90 Å². The molecule has 0 bridgehead atoms. The van der Waals surface area contributed by atoms with E-state index in [0.29, 0.717) is 19.5 Å². The lowest BCUT2D eigenvalue weighted by Gasteiger charge is -2.25. The molecule has 0 fully saturated rings. The van der Waals surface area contributed by atoms with Gasteiger partial charge in [0.15, 0.2) is 0 Å². The molecule has 0 saturated carbocycles. The molecular formula is C20H20N2O. The highest BCUT2D eigenvalue weighted by Crippen LogP contribution is 2.19. The zero-order valence-corrected chi connectivity index (χ0v) is 13.1. The van der Waals surface area contributed by atoms with Crippen LogP contribution in [0.25, 0.3) is 0 Å². The zero-order valence-electron chi connectivity index (χ0n) is 13.1. The number of rotatable bonds is 7. The van der Waals surface area contributed by atoms with Crippen molar-refractivity contribution in [3.8, 4) is 6.07 Å². The van der Waals surface area contributed by atoms with E-state index in [1.54, 1.807) is 11.0 Å². The highest BCUT2D eigenvalue weighted by molar-refractivity contribution is 5.86. The average Bonchev–Trinajstić information content (AvgIpc) is 2.61. The van der Waals surface area contributed by atoms with E-state index in [-0.39, 0.29) is 5.91 Å². The van der Waals surface area contributed by atoms with Crippen molar-refractivity contribution in [2.75, 3.05) is 6.54 Å². The van der Waals surface area contributed by atoms with E-state index in [0.717, 1.165) is 11.1 Å². The minimum atomic E-state index is -0.773. The molecule has 0 N–H and O–H groups in total. The van der Waals surface area contributed by atoms with Crippen LogP contribution in [0, 0.1) is 11.3 Å². The normalized spacial score (nSPS) is 11.3. The lowest BCUT2D eigenvalue weighted by Crippen LogP contribution is -2.35. The Kier molecular flexibility index (Phi) is 6.14. The van der Waals surface area contributed by atoms with Crippen molar-refractivity contribution in [1.82, 2.24) is 4.90 Å². The molecule has 0 spiro atoms. The van der Waals surface area contributed by atoms with Gasteiger partial charge in [-0.3, -0.25) is 4.79 Å². The van der Waals surface area contributed by atoms with Gasteiger partial charge >= 0.3 is 0 Å². The van der Waals surface area contributed by atoms with Crippen LogP contribution < -0.4 is 0 Å². The molecule has 116 valence electrons. The number of nitrogens with zero attached hydrogens (tertiary/aromatic N) is 2. The SMILES string of the molecule is C=CCCN(Cc1ccccc1)C(=O)C(C#N)c1ccccc1. The maximum absolute atomic E-state index is 12.9. The van der Waals surface area contributed by atoms with Gasteiger partial charge in [-0.2, -0.15) is 5.26 Å². The Morgan fingerprint density at radius 3 is 2.30 bits per heavy atom. The van der Waals surface area contributed by atoms with E-state index >= 15 is 0 Å². The molecular weight excluding hydrogens is 284 g/mol. The number of benzene rings is 2. The lowest BCUT2D eigenvalue weighted by atomic mass is 9.98. The molecule has 0 aliphatic carbocycles. The molecule has 1 unspecified atom stereocenters. The largest absolute Gasteiger partial charge is 0.337 e. The Labute approximate surface area is 137 Å². The number of nitriles is 1. The van der Waals surface area contributed by atoms with Crippen molar-refractivity contribution in [2.24, 2.45) is 0 Å². The third kappa shape index (κ3) is 4.55. The smallest absolute Gasteiger partial charge is 0.244 e. The Bertz CT molecular complexity index is 674. The van der Waals surface area contributed by atoms with Gasteiger partial charge in [0.2, 0.25) is 5.91 Å². The fraction of sp³-hybridized carbons (Fsp3) is 0.200. The first-order chi connectivity index (χ1) is 11.3. The minimum Gasteiger partial charge on any atom is -0.337 e. The minimum absolute atomic E-state index is 0.163. The van der Waals surface area contributed by atoms with Crippen LogP contribution >= 0.6 is 0 Å². The highest BCUT2D eigenvalue weighted by atomic mass is 16.2. The Hall–Kier alpha value is -2.86. The quantitative estimate of drug-likeness (QED) is 0.728. The first-order valence-electron chi connectivity index (χ1n) is 7.64. The van der Waals surface area contributed by atoms with Crippen molar-refractivity contribution in [2.45, 2.75) is 18.9 Å². The molecule has 0 radical (unpaired) electrons. The second-order valence-electron chi connectivity index (χ2n) is 5.30. The molecule has 1 amide bonds. The first kappa shape index (κ1) is 16.5. The van der Waals surface area contributed by atoms with Gasteiger partial charge in [0.05, 0.1) is 6.07 Å². The molecule has 3 heteroatoms. The van der Waals surface area contributed by atoms with Crippen LogP contribution in [0.4, 0.5) is 0 Å². The number of amides is 1. The Balaban J connectivity index is 2.21. The fourth-order valence-electron chi connectivity index (χ4n) is 2.42. The van der Waals surface area contributed by atoms with Gasteiger partial charge in [0.1, 0.15) is 5.92 Å².